The zero-order chi connectivity index (χ0) is 12.5. The van der Waals surface area contributed by atoms with E-state index in [1.54, 1.807) is 0 Å². The summed E-state index contributed by atoms with van der Waals surface area (Å²) < 4.78 is 2.25. The second-order valence-corrected chi connectivity index (χ2v) is 4.42. The smallest absolute Gasteiger partial charge is 0.110 e. The van der Waals surface area contributed by atoms with Crippen molar-refractivity contribution in [1.29, 1.82) is 0 Å². The molecule has 1 aromatic rings. The number of hydrogen-bond acceptors (Lipinski definition) is 2. The van der Waals surface area contributed by atoms with Crippen molar-refractivity contribution >= 4 is 0 Å². The molecule has 0 aromatic carbocycles. The molecule has 0 bridgehead atoms. The Kier molecular flexibility index (Phi) is 6.63. The molecule has 0 aliphatic carbocycles. The van der Waals surface area contributed by atoms with Crippen LogP contribution in [0.15, 0.2) is 25.0 Å². The number of nitrogens with zero attached hydrogens (tertiary/aromatic N) is 2. The maximum atomic E-state index is 4.45. The van der Waals surface area contributed by atoms with Gasteiger partial charge < -0.3 is 9.88 Å². The lowest BCUT2D eigenvalue weighted by Gasteiger charge is -2.17. The number of imidazole rings is 1. The van der Waals surface area contributed by atoms with Gasteiger partial charge >= 0.3 is 0 Å². The first-order valence-electron chi connectivity index (χ1n) is 6.66. The van der Waals surface area contributed by atoms with Crippen molar-refractivity contribution in [2.24, 2.45) is 0 Å². The van der Waals surface area contributed by atoms with Crippen LogP contribution < -0.4 is 5.32 Å². The summed E-state index contributed by atoms with van der Waals surface area (Å²) in [6.07, 6.45) is 10.3. The summed E-state index contributed by atoms with van der Waals surface area (Å²) in [6, 6.07) is 0.463. The summed E-state index contributed by atoms with van der Waals surface area (Å²) in [5.41, 5.74) is 0. The molecule has 96 valence electrons. The Labute approximate surface area is 105 Å². The van der Waals surface area contributed by atoms with Crippen LogP contribution >= 0.6 is 0 Å². The number of rotatable bonds is 9. The van der Waals surface area contributed by atoms with Gasteiger partial charge in [0.1, 0.15) is 5.82 Å². The van der Waals surface area contributed by atoms with Gasteiger partial charge in [0.15, 0.2) is 0 Å². The number of aryl methyl sites for hydroxylation is 1. The minimum atomic E-state index is 0.463. The molecule has 0 aliphatic rings. The lowest BCUT2D eigenvalue weighted by molar-refractivity contribution is 0.488. The van der Waals surface area contributed by atoms with Gasteiger partial charge in [-0.25, -0.2) is 4.98 Å². The van der Waals surface area contributed by atoms with Crippen molar-refractivity contribution in [3.63, 3.8) is 0 Å². The molecule has 0 fully saturated rings. The van der Waals surface area contributed by atoms with Gasteiger partial charge in [-0.05, 0) is 25.8 Å². The predicted molar refractivity (Wildman–Crippen MR) is 73.1 cm³/mol. The molecule has 1 atom stereocenters. The summed E-state index contributed by atoms with van der Waals surface area (Å²) in [5.74, 6) is 1.18. The normalized spacial score (nSPS) is 12.6. The highest BCUT2D eigenvalue weighted by atomic mass is 15.1. The molecule has 1 heterocycles. The molecular weight excluding hydrogens is 210 g/mol. The van der Waals surface area contributed by atoms with E-state index in [1.807, 2.05) is 12.3 Å². The molecule has 1 aromatic heterocycles. The highest BCUT2D eigenvalue weighted by molar-refractivity contribution is 4.97. The zero-order valence-corrected chi connectivity index (χ0v) is 11.2. The van der Waals surface area contributed by atoms with E-state index in [4.69, 9.17) is 0 Å². The molecule has 3 nitrogen and oxygen atoms in total. The molecule has 1 rings (SSSR count). The van der Waals surface area contributed by atoms with Crippen LogP contribution in [0.25, 0.3) is 0 Å². The average molecular weight is 235 g/mol. The highest BCUT2D eigenvalue weighted by Crippen LogP contribution is 2.06. The summed E-state index contributed by atoms with van der Waals surface area (Å²) in [7, 11) is 0. The van der Waals surface area contributed by atoms with Crippen LogP contribution in [0.2, 0.25) is 0 Å². The van der Waals surface area contributed by atoms with Gasteiger partial charge in [-0.3, -0.25) is 0 Å². The third-order valence-electron chi connectivity index (χ3n) is 2.83. The minimum absolute atomic E-state index is 0.463. The summed E-state index contributed by atoms with van der Waals surface area (Å²) in [4.78, 5) is 4.45. The quantitative estimate of drug-likeness (QED) is 0.667. The lowest BCUT2D eigenvalue weighted by atomic mass is 10.1. The van der Waals surface area contributed by atoms with E-state index in [1.165, 1.54) is 5.82 Å². The zero-order valence-electron chi connectivity index (χ0n) is 11.2. The van der Waals surface area contributed by atoms with Crippen molar-refractivity contribution in [3.05, 3.63) is 30.9 Å². The van der Waals surface area contributed by atoms with E-state index >= 15 is 0 Å². The van der Waals surface area contributed by atoms with Crippen LogP contribution in [-0.4, -0.2) is 22.1 Å². The van der Waals surface area contributed by atoms with E-state index < -0.39 is 0 Å². The van der Waals surface area contributed by atoms with E-state index in [0.717, 1.165) is 38.8 Å². The second kappa shape index (κ2) is 8.07. The number of aromatic nitrogens is 2. The van der Waals surface area contributed by atoms with Crippen molar-refractivity contribution in [2.45, 2.75) is 52.1 Å². The first kappa shape index (κ1) is 14.0. The Balaban J connectivity index is 2.57. The molecule has 0 aliphatic heterocycles. The fraction of sp³-hybridized carbons (Fsp3) is 0.643. The molecule has 3 heteroatoms. The fourth-order valence-electron chi connectivity index (χ4n) is 1.98. The highest BCUT2D eigenvalue weighted by Gasteiger charge is 2.10. The molecule has 0 spiro atoms. The third kappa shape index (κ3) is 4.73. The Morgan fingerprint density at radius 1 is 1.47 bits per heavy atom. The van der Waals surface area contributed by atoms with Gasteiger partial charge in [0.05, 0.1) is 0 Å². The van der Waals surface area contributed by atoms with E-state index in [9.17, 15) is 0 Å². The van der Waals surface area contributed by atoms with Gasteiger partial charge in [-0.1, -0.05) is 19.9 Å². The molecule has 17 heavy (non-hydrogen) atoms. The molecule has 0 saturated heterocycles. The van der Waals surface area contributed by atoms with Crippen molar-refractivity contribution in [3.8, 4) is 0 Å². The van der Waals surface area contributed by atoms with E-state index in [2.05, 4.69) is 41.5 Å². The van der Waals surface area contributed by atoms with Crippen LogP contribution in [0.3, 0.4) is 0 Å². The third-order valence-corrected chi connectivity index (χ3v) is 2.83. The van der Waals surface area contributed by atoms with Crippen LogP contribution in [0.1, 0.15) is 38.9 Å². The fourth-order valence-corrected chi connectivity index (χ4v) is 1.98. The first-order chi connectivity index (χ1) is 8.31. The average Bonchev–Trinajstić information content (AvgIpc) is 2.74. The minimum Gasteiger partial charge on any atom is -0.335 e. The Hall–Kier alpha value is -1.09. The number of nitrogens with one attached hydrogen (secondary N) is 1. The van der Waals surface area contributed by atoms with Crippen LogP contribution in [0.4, 0.5) is 0 Å². The second-order valence-electron chi connectivity index (χ2n) is 4.42. The van der Waals surface area contributed by atoms with Crippen molar-refractivity contribution in [1.82, 2.24) is 14.9 Å². The van der Waals surface area contributed by atoms with E-state index in [0.29, 0.717) is 6.04 Å². The standard InChI is InChI=1S/C14H25N3/c1-4-7-13(15-8-5-2)12-14-16-9-11-17(14)10-6-3/h4,9,11,13,15H,1,5-8,10,12H2,2-3H3. The van der Waals surface area contributed by atoms with Gasteiger partial charge in [0.25, 0.3) is 0 Å². The van der Waals surface area contributed by atoms with Gasteiger partial charge in [0.2, 0.25) is 0 Å². The summed E-state index contributed by atoms with van der Waals surface area (Å²) >= 11 is 0. The molecule has 0 radical (unpaired) electrons. The lowest BCUT2D eigenvalue weighted by Crippen LogP contribution is -2.32. The maximum absolute atomic E-state index is 4.45. The Morgan fingerprint density at radius 2 is 2.29 bits per heavy atom. The SMILES string of the molecule is C=CCC(Cc1nccn1CCC)NCCC. The molecule has 0 saturated carbocycles. The monoisotopic (exact) mass is 235 g/mol. The topological polar surface area (TPSA) is 29.9 Å². The van der Waals surface area contributed by atoms with Crippen LogP contribution in [0.5, 0.6) is 0 Å². The Bertz CT molecular complexity index is 317. The van der Waals surface area contributed by atoms with Crippen LogP contribution in [0, 0.1) is 0 Å². The van der Waals surface area contributed by atoms with Crippen molar-refractivity contribution in [2.75, 3.05) is 6.54 Å². The number of hydrogen-bond donors (Lipinski definition) is 1. The summed E-state index contributed by atoms with van der Waals surface area (Å²) in [5, 5.41) is 3.55. The molecule has 0 amide bonds. The molecule has 1 N–H and O–H groups in total. The first-order valence-corrected chi connectivity index (χ1v) is 6.66. The van der Waals surface area contributed by atoms with E-state index in [-0.39, 0.29) is 0 Å². The predicted octanol–water partition coefficient (Wildman–Crippen LogP) is 2.78. The van der Waals surface area contributed by atoms with Gasteiger partial charge in [-0.15, -0.1) is 6.58 Å². The largest absolute Gasteiger partial charge is 0.335 e. The molecular formula is C14H25N3. The van der Waals surface area contributed by atoms with Gasteiger partial charge in [0, 0.05) is 31.4 Å². The summed E-state index contributed by atoms with van der Waals surface area (Å²) in [6.45, 7) is 10.3. The van der Waals surface area contributed by atoms with Crippen molar-refractivity contribution < 1.29 is 0 Å². The van der Waals surface area contributed by atoms with Crippen LogP contribution in [-0.2, 0) is 13.0 Å². The van der Waals surface area contributed by atoms with Gasteiger partial charge in [-0.2, -0.15) is 0 Å². The molecule has 1 unspecified atom stereocenters. The Morgan fingerprint density at radius 3 is 2.94 bits per heavy atom. The maximum Gasteiger partial charge on any atom is 0.110 e.